The fraction of sp³-hybridized carbons (Fsp3) is 0.111. The Bertz CT molecular complexity index is 905. The van der Waals surface area contributed by atoms with Crippen LogP contribution in [0.25, 0.3) is 0 Å². The fourth-order valence-corrected chi connectivity index (χ4v) is 2.23. The van der Waals surface area contributed by atoms with E-state index in [1.165, 1.54) is 29.5 Å². The van der Waals surface area contributed by atoms with Gasteiger partial charge in [-0.1, -0.05) is 30.3 Å². The summed E-state index contributed by atoms with van der Waals surface area (Å²) < 4.78 is 12.7. The maximum Gasteiger partial charge on any atom is 0.170 e. The number of carboxylic acids is 1. The molecule has 132 valence electrons. The van der Waals surface area contributed by atoms with Crippen molar-refractivity contribution in [1.82, 2.24) is 14.9 Å². The lowest BCUT2D eigenvalue weighted by atomic mass is 10.1. The first-order valence-electron chi connectivity index (χ1n) is 7.66. The van der Waals surface area contributed by atoms with Gasteiger partial charge in [0.05, 0.1) is 19.3 Å². The molecule has 0 unspecified atom stereocenters. The number of carbonyl (C=O) groups excluding carboxylic acids is 1. The van der Waals surface area contributed by atoms with Crippen LogP contribution in [0.3, 0.4) is 0 Å². The molecule has 0 fully saturated rings. The van der Waals surface area contributed by atoms with E-state index in [1.807, 2.05) is 12.1 Å². The predicted octanol–water partition coefficient (Wildman–Crippen LogP) is 1.11. The van der Waals surface area contributed by atoms with E-state index in [1.54, 1.807) is 31.5 Å². The van der Waals surface area contributed by atoms with Crippen LogP contribution in [-0.4, -0.2) is 34.2 Å². The Morgan fingerprint density at radius 3 is 2.58 bits per heavy atom. The summed E-state index contributed by atoms with van der Waals surface area (Å²) >= 11 is 0. The SMILES string of the molecule is COc1cccc(/C=N\n2cnnc2)c1OCc1ccc(C(=O)[O-])cc1. The van der Waals surface area contributed by atoms with Gasteiger partial charge in [-0.15, -0.1) is 10.2 Å². The highest BCUT2D eigenvalue weighted by Gasteiger charge is 2.10. The minimum atomic E-state index is -1.21. The minimum absolute atomic E-state index is 0.118. The summed E-state index contributed by atoms with van der Waals surface area (Å²) in [5, 5.41) is 22.4. The van der Waals surface area contributed by atoms with Crippen LogP contribution in [0.2, 0.25) is 0 Å². The van der Waals surface area contributed by atoms with Crippen molar-refractivity contribution < 1.29 is 19.4 Å². The number of carbonyl (C=O) groups is 1. The van der Waals surface area contributed by atoms with Crippen molar-refractivity contribution in [2.24, 2.45) is 5.10 Å². The van der Waals surface area contributed by atoms with E-state index in [0.717, 1.165) is 5.56 Å². The Balaban J connectivity index is 1.80. The lowest BCUT2D eigenvalue weighted by Crippen LogP contribution is -2.22. The molecule has 0 N–H and O–H groups in total. The third-order valence-electron chi connectivity index (χ3n) is 3.54. The van der Waals surface area contributed by atoms with Crippen molar-refractivity contribution in [3.63, 3.8) is 0 Å². The lowest BCUT2D eigenvalue weighted by molar-refractivity contribution is -0.255. The van der Waals surface area contributed by atoms with E-state index in [4.69, 9.17) is 9.47 Å². The molecule has 1 aromatic heterocycles. The highest BCUT2D eigenvalue weighted by molar-refractivity contribution is 5.86. The molecule has 3 aromatic rings. The molecule has 0 radical (unpaired) electrons. The van der Waals surface area contributed by atoms with E-state index in [2.05, 4.69) is 15.3 Å². The molecule has 8 nitrogen and oxygen atoms in total. The molecule has 3 rings (SSSR count). The van der Waals surface area contributed by atoms with Crippen molar-refractivity contribution in [1.29, 1.82) is 0 Å². The third-order valence-corrected chi connectivity index (χ3v) is 3.54. The fourth-order valence-electron chi connectivity index (χ4n) is 2.23. The van der Waals surface area contributed by atoms with Gasteiger partial charge in [0.25, 0.3) is 0 Å². The second kappa shape index (κ2) is 7.93. The normalized spacial score (nSPS) is 10.8. The Morgan fingerprint density at radius 1 is 1.19 bits per heavy atom. The Hall–Kier alpha value is -3.68. The van der Waals surface area contributed by atoms with E-state index in [0.29, 0.717) is 17.1 Å². The molecule has 0 amide bonds. The van der Waals surface area contributed by atoms with Gasteiger partial charge in [-0.25, -0.2) is 4.68 Å². The van der Waals surface area contributed by atoms with E-state index in [-0.39, 0.29) is 12.2 Å². The molecule has 8 heteroatoms. The molecule has 0 spiro atoms. The van der Waals surface area contributed by atoms with Gasteiger partial charge >= 0.3 is 0 Å². The number of rotatable bonds is 7. The number of aromatic nitrogens is 3. The zero-order valence-electron chi connectivity index (χ0n) is 13.9. The molecule has 2 aromatic carbocycles. The molecule has 0 aliphatic carbocycles. The second-order valence-electron chi connectivity index (χ2n) is 5.24. The molecule has 0 aliphatic heterocycles. The Labute approximate surface area is 149 Å². The average Bonchev–Trinajstić information content (AvgIpc) is 3.18. The van der Waals surface area contributed by atoms with E-state index >= 15 is 0 Å². The summed E-state index contributed by atoms with van der Waals surface area (Å²) in [6.07, 6.45) is 4.55. The number of methoxy groups -OCH3 is 1. The summed E-state index contributed by atoms with van der Waals surface area (Å²) in [6, 6.07) is 11.7. The second-order valence-corrected chi connectivity index (χ2v) is 5.24. The Kier molecular flexibility index (Phi) is 5.23. The highest BCUT2D eigenvalue weighted by atomic mass is 16.5. The number of ether oxygens (including phenoxy) is 2. The smallest absolute Gasteiger partial charge is 0.170 e. The van der Waals surface area contributed by atoms with Gasteiger partial charge < -0.3 is 19.4 Å². The number of hydrogen-bond donors (Lipinski definition) is 0. The lowest BCUT2D eigenvalue weighted by Gasteiger charge is -2.13. The number of benzene rings is 2. The maximum absolute atomic E-state index is 10.8. The standard InChI is InChI=1S/C18H16N4O4/c1-25-16-4-2-3-15(9-21-22-11-19-20-12-22)17(16)26-10-13-5-7-14(8-6-13)18(23)24/h2-9,11-12H,10H2,1H3,(H,23,24)/p-1/b21-9-. The van der Waals surface area contributed by atoms with Crippen LogP contribution < -0.4 is 14.6 Å². The first-order valence-corrected chi connectivity index (χ1v) is 7.66. The topological polar surface area (TPSA) is 102 Å². The number of aromatic carboxylic acids is 1. The van der Waals surface area contributed by atoms with Gasteiger partial charge in [0.2, 0.25) is 0 Å². The summed E-state index contributed by atoms with van der Waals surface area (Å²) in [7, 11) is 1.55. The first kappa shape index (κ1) is 17.2. The van der Waals surface area contributed by atoms with Gasteiger partial charge in [-0.2, -0.15) is 5.10 Å². The summed E-state index contributed by atoms with van der Waals surface area (Å²) in [5.74, 6) is -0.130. The maximum atomic E-state index is 10.8. The van der Waals surface area contributed by atoms with Crippen molar-refractivity contribution in [2.75, 3.05) is 7.11 Å². The van der Waals surface area contributed by atoms with Gasteiger partial charge in [0, 0.05) is 5.56 Å². The molecular weight excluding hydrogens is 336 g/mol. The zero-order chi connectivity index (χ0) is 18.4. The van der Waals surface area contributed by atoms with Crippen molar-refractivity contribution in [3.05, 3.63) is 71.8 Å². The number of hydrogen-bond acceptors (Lipinski definition) is 7. The van der Waals surface area contributed by atoms with Crippen LogP contribution in [0.1, 0.15) is 21.5 Å². The van der Waals surface area contributed by atoms with Gasteiger partial charge in [-0.3, -0.25) is 0 Å². The Morgan fingerprint density at radius 2 is 1.92 bits per heavy atom. The minimum Gasteiger partial charge on any atom is -0.545 e. The van der Waals surface area contributed by atoms with Crippen LogP contribution in [0.15, 0.2) is 60.2 Å². The average molecular weight is 351 g/mol. The molecular formula is C18H15N4O4-. The van der Waals surface area contributed by atoms with E-state index < -0.39 is 5.97 Å². The van der Waals surface area contributed by atoms with Crippen molar-refractivity contribution in [2.45, 2.75) is 6.61 Å². The van der Waals surface area contributed by atoms with Gasteiger partial charge in [0.15, 0.2) is 11.5 Å². The third kappa shape index (κ3) is 4.04. The summed E-state index contributed by atoms with van der Waals surface area (Å²) in [6.45, 7) is 0.237. The molecule has 0 saturated carbocycles. The first-order chi connectivity index (χ1) is 12.7. The van der Waals surface area contributed by atoms with Crippen LogP contribution >= 0.6 is 0 Å². The quantitative estimate of drug-likeness (QED) is 0.591. The van der Waals surface area contributed by atoms with Crippen LogP contribution in [-0.2, 0) is 6.61 Å². The molecule has 26 heavy (non-hydrogen) atoms. The number of nitrogens with zero attached hydrogens (tertiary/aromatic N) is 4. The monoisotopic (exact) mass is 351 g/mol. The zero-order valence-corrected chi connectivity index (χ0v) is 13.9. The summed E-state index contributed by atoms with van der Waals surface area (Å²) in [4.78, 5) is 10.8. The number of carboxylic acid groups (broad SMARTS) is 1. The number of para-hydroxylation sites is 1. The highest BCUT2D eigenvalue weighted by Crippen LogP contribution is 2.30. The molecule has 0 saturated heterocycles. The summed E-state index contributed by atoms with van der Waals surface area (Å²) in [5.41, 5.74) is 1.64. The predicted molar refractivity (Wildman–Crippen MR) is 91.1 cm³/mol. The van der Waals surface area contributed by atoms with Crippen molar-refractivity contribution in [3.8, 4) is 11.5 Å². The van der Waals surface area contributed by atoms with Crippen LogP contribution in [0.4, 0.5) is 0 Å². The molecule has 0 aliphatic rings. The largest absolute Gasteiger partial charge is 0.545 e. The van der Waals surface area contributed by atoms with E-state index in [9.17, 15) is 9.90 Å². The van der Waals surface area contributed by atoms with Crippen LogP contribution in [0.5, 0.6) is 11.5 Å². The van der Waals surface area contributed by atoms with Crippen molar-refractivity contribution >= 4 is 12.2 Å². The van der Waals surface area contributed by atoms with Gasteiger partial charge in [-0.05, 0) is 23.3 Å². The molecule has 0 bridgehead atoms. The van der Waals surface area contributed by atoms with Gasteiger partial charge in [0.1, 0.15) is 19.3 Å². The molecule has 1 heterocycles. The van der Waals surface area contributed by atoms with Crippen LogP contribution in [0, 0.1) is 0 Å². The molecule has 0 atom stereocenters.